The molecule has 3 aromatic heterocycles. The van der Waals surface area contributed by atoms with Crippen molar-refractivity contribution >= 4 is 21.8 Å². The Morgan fingerprint density at radius 3 is 2.46 bits per heavy atom. The highest BCUT2D eigenvalue weighted by atomic mass is 19.3. The van der Waals surface area contributed by atoms with Crippen molar-refractivity contribution in [3.8, 4) is 17.2 Å². The quantitative estimate of drug-likeness (QED) is 0.443. The molecule has 6 heteroatoms. The molecule has 0 atom stereocenters. The van der Waals surface area contributed by atoms with Gasteiger partial charge in [0.25, 0.3) is 0 Å². The molecule has 0 aliphatic rings. The Bertz CT molecular complexity index is 1240. The summed E-state index contributed by atoms with van der Waals surface area (Å²) in [5.74, 6) is 0. The van der Waals surface area contributed by atoms with E-state index >= 15 is 0 Å². The number of nitrogens with zero attached hydrogens (tertiary/aromatic N) is 4. The van der Waals surface area contributed by atoms with Gasteiger partial charge in [0.2, 0.25) is 0 Å². The maximum absolute atomic E-state index is 13.8. The molecule has 0 aliphatic carbocycles. The van der Waals surface area contributed by atoms with E-state index in [4.69, 9.17) is 0 Å². The molecule has 0 unspecified atom stereocenters. The zero-order valence-corrected chi connectivity index (χ0v) is 15.7. The van der Waals surface area contributed by atoms with Gasteiger partial charge in [-0.2, -0.15) is 14.0 Å². The molecule has 1 aromatic carbocycles. The minimum atomic E-state index is -2.67. The monoisotopic (exact) mass is 376 g/mol. The van der Waals surface area contributed by atoms with Gasteiger partial charge < -0.3 is 0 Å². The molecule has 0 aliphatic heterocycles. The minimum Gasteiger partial charge on any atom is -0.284 e. The van der Waals surface area contributed by atoms with Crippen molar-refractivity contribution in [2.24, 2.45) is 0 Å². The lowest BCUT2D eigenvalue weighted by Gasteiger charge is -2.19. The zero-order chi connectivity index (χ0) is 20.1. The Morgan fingerprint density at radius 2 is 1.79 bits per heavy atom. The summed E-state index contributed by atoms with van der Waals surface area (Å²) in [4.78, 5) is 8.56. The van der Waals surface area contributed by atoms with Gasteiger partial charge in [0.1, 0.15) is 6.07 Å². The van der Waals surface area contributed by atoms with Crippen molar-refractivity contribution < 1.29 is 8.78 Å². The second-order valence-corrected chi connectivity index (χ2v) is 7.75. The first-order chi connectivity index (χ1) is 13.3. The fourth-order valence-corrected chi connectivity index (χ4v) is 3.59. The van der Waals surface area contributed by atoms with Gasteiger partial charge >= 0.3 is 6.55 Å². The highest BCUT2D eigenvalue weighted by Gasteiger charge is 2.21. The van der Waals surface area contributed by atoms with Gasteiger partial charge in [-0.15, -0.1) is 0 Å². The van der Waals surface area contributed by atoms with Crippen LogP contribution in [-0.4, -0.2) is 14.5 Å². The third kappa shape index (κ3) is 2.80. The Labute approximate surface area is 161 Å². The number of hydrogen-bond acceptors (Lipinski definition) is 3. The van der Waals surface area contributed by atoms with Gasteiger partial charge in [0, 0.05) is 40.3 Å². The van der Waals surface area contributed by atoms with Crippen molar-refractivity contribution in [1.82, 2.24) is 14.5 Å². The molecular weight excluding hydrogens is 358 g/mol. The number of rotatable bonds is 2. The number of benzene rings is 1. The van der Waals surface area contributed by atoms with Crippen molar-refractivity contribution in [2.45, 2.75) is 32.7 Å². The van der Waals surface area contributed by atoms with Crippen LogP contribution in [0.5, 0.6) is 0 Å². The molecule has 0 bridgehead atoms. The van der Waals surface area contributed by atoms with E-state index in [0.29, 0.717) is 33.1 Å². The summed E-state index contributed by atoms with van der Waals surface area (Å²) in [6.45, 7) is 3.32. The number of aromatic nitrogens is 3. The second-order valence-electron chi connectivity index (χ2n) is 7.75. The van der Waals surface area contributed by atoms with E-state index in [1.54, 1.807) is 30.6 Å². The van der Waals surface area contributed by atoms with Crippen LogP contribution in [0, 0.1) is 11.3 Å². The van der Waals surface area contributed by atoms with Crippen molar-refractivity contribution in [1.29, 1.82) is 5.26 Å². The molecule has 4 aromatic rings. The van der Waals surface area contributed by atoms with E-state index in [1.807, 2.05) is 32.9 Å². The van der Waals surface area contributed by atoms with Gasteiger partial charge in [-0.05, 0) is 23.8 Å². The fourth-order valence-electron chi connectivity index (χ4n) is 3.59. The van der Waals surface area contributed by atoms with E-state index in [9.17, 15) is 14.0 Å². The molecule has 3 heterocycles. The van der Waals surface area contributed by atoms with Gasteiger partial charge in [0.05, 0.1) is 22.3 Å². The topological polar surface area (TPSA) is 54.5 Å². The summed E-state index contributed by atoms with van der Waals surface area (Å²) in [6.07, 6.45) is 4.80. The first-order valence-electron chi connectivity index (χ1n) is 8.88. The number of pyridine rings is 2. The molecule has 0 saturated carbocycles. The zero-order valence-electron chi connectivity index (χ0n) is 15.7. The van der Waals surface area contributed by atoms with Crippen LogP contribution >= 0.6 is 0 Å². The van der Waals surface area contributed by atoms with Crippen LogP contribution in [0.25, 0.3) is 32.9 Å². The van der Waals surface area contributed by atoms with Crippen molar-refractivity contribution in [3.05, 3.63) is 60.2 Å². The van der Waals surface area contributed by atoms with Gasteiger partial charge in [-0.3, -0.25) is 14.5 Å². The summed E-state index contributed by atoms with van der Waals surface area (Å²) in [5.41, 5.74) is 3.26. The van der Waals surface area contributed by atoms with E-state index in [-0.39, 0.29) is 5.41 Å². The molecule has 0 radical (unpaired) electrons. The average molecular weight is 376 g/mol. The van der Waals surface area contributed by atoms with Crippen LogP contribution in [0.15, 0.2) is 48.9 Å². The highest BCUT2D eigenvalue weighted by Crippen LogP contribution is 2.35. The molecule has 4 rings (SSSR count). The number of nitriles is 1. The van der Waals surface area contributed by atoms with Crippen LogP contribution in [0.3, 0.4) is 0 Å². The lowest BCUT2D eigenvalue weighted by Crippen LogP contribution is -2.15. The first-order valence-corrected chi connectivity index (χ1v) is 8.88. The van der Waals surface area contributed by atoms with Crippen LogP contribution < -0.4 is 0 Å². The first kappa shape index (κ1) is 18.1. The Morgan fingerprint density at radius 1 is 1.00 bits per heavy atom. The lowest BCUT2D eigenvalue weighted by atomic mass is 9.88. The van der Waals surface area contributed by atoms with Crippen molar-refractivity contribution in [2.75, 3.05) is 0 Å². The predicted octanol–water partition coefficient (Wildman–Crippen LogP) is 5.82. The summed E-state index contributed by atoms with van der Waals surface area (Å²) < 4.78 is 28.6. The summed E-state index contributed by atoms with van der Waals surface area (Å²) in [6, 6.07) is 11.0. The standard InChI is InChI=1S/C22H18F2N4/c1-22(2,3)20-14(10-25)8-15(11-27-20)13-4-5-16-17-12-26-7-6-18(17)28(21(23)24)19(16)9-13/h4-9,11-12,21H,1-3H3. The fraction of sp³-hybridized carbons (Fsp3) is 0.227. The van der Waals surface area contributed by atoms with E-state index < -0.39 is 6.55 Å². The number of alkyl halides is 2. The van der Waals surface area contributed by atoms with Crippen LogP contribution in [-0.2, 0) is 5.41 Å². The molecule has 0 spiro atoms. The van der Waals surface area contributed by atoms with E-state index in [1.165, 1.54) is 6.20 Å². The summed E-state index contributed by atoms with van der Waals surface area (Å²) >= 11 is 0. The molecule has 4 nitrogen and oxygen atoms in total. The smallest absolute Gasteiger partial charge is 0.284 e. The number of fused-ring (bicyclic) bond motifs is 3. The normalized spacial score (nSPS) is 12.0. The average Bonchev–Trinajstić information content (AvgIpc) is 3.00. The molecule has 0 saturated heterocycles. The molecular formula is C22H18F2N4. The van der Waals surface area contributed by atoms with E-state index in [0.717, 1.165) is 15.7 Å². The van der Waals surface area contributed by atoms with Crippen LogP contribution in [0.4, 0.5) is 8.78 Å². The maximum Gasteiger partial charge on any atom is 0.319 e. The van der Waals surface area contributed by atoms with Crippen LogP contribution in [0.2, 0.25) is 0 Å². The SMILES string of the molecule is CC(C)(C)c1ncc(-c2ccc3c4cnccc4n(C(F)F)c3c2)cc1C#N. The minimum absolute atomic E-state index is 0.261. The summed E-state index contributed by atoms with van der Waals surface area (Å²) in [7, 11) is 0. The van der Waals surface area contributed by atoms with Gasteiger partial charge in [0.15, 0.2) is 0 Å². The maximum atomic E-state index is 13.8. The van der Waals surface area contributed by atoms with Crippen LogP contribution in [0.1, 0.15) is 38.6 Å². The molecule has 140 valence electrons. The molecule has 0 N–H and O–H groups in total. The number of hydrogen-bond donors (Lipinski definition) is 0. The Kier molecular flexibility index (Phi) is 4.11. The Hall–Kier alpha value is -3.33. The van der Waals surface area contributed by atoms with Gasteiger partial charge in [-0.25, -0.2) is 0 Å². The molecule has 0 amide bonds. The molecule has 0 fully saturated rings. The summed E-state index contributed by atoms with van der Waals surface area (Å²) in [5, 5.41) is 10.9. The number of halogens is 2. The van der Waals surface area contributed by atoms with Crippen molar-refractivity contribution in [3.63, 3.8) is 0 Å². The third-order valence-electron chi connectivity index (χ3n) is 4.85. The second kappa shape index (κ2) is 6.38. The molecule has 28 heavy (non-hydrogen) atoms. The van der Waals surface area contributed by atoms with Gasteiger partial charge in [-0.1, -0.05) is 32.9 Å². The lowest BCUT2D eigenvalue weighted by molar-refractivity contribution is 0.0796. The van der Waals surface area contributed by atoms with E-state index in [2.05, 4.69) is 16.0 Å². The highest BCUT2D eigenvalue weighted by molar-refractivity contribution is 6.08. The predicted molar refractivity (Wildman–Crippen MR) is 105 cm³/mol. The largest absolute Gasteiger partial charge is 0.319 e. The Balaban J connectivity index is 1.95. The third-order valence-corrected chi connectivity index (χ3v) is 4.85.